The van der Waals surface area contributed by atoms with Gasteiger partial charge in [-0.25, -0.2) is 0 Å². The SMILES string of the molecule is CCOCC(NC(C)c1cnccn1)C(C)C. The minimum atomic E-state index is 0.191. The Hall–Kier alpha value is -1.00. The standard InChI is InChI=1S/C13H23N3O/c1-5-17-9-13(10(2)3)16-11(4)12-8-14-6-7-15-12/h6-8,10-11,13,16H,5,9H2,1-4H3. The first-order chi connectivity index (χ1) is 8.15. The fraction of sp³-hybridized carbons (Fsp3) is 0.692. The van der Waals surface area contributed by atoms with Crippen LogP contribution in [0, 0.1) is 5.92 Å². The first-order valence-corrected chi connectivity index (χ1v) is 6.24. The summed E-state index contributed by atoms with van der Waals surface area (Å²) in [4.78, 5) is 8.39. The van der Waals surface area contributed by atoms with Gasteiger partial charge in [0.25, 0.3) is 0 Å². The van der Waals surface area contributed by atoms with E-state index in [9.17, 15) is 0 Å². The predicted octanol–water partition coefficient (Wildman–Crippen LogP) is 2.19. The summed E-state index contributed by atoms with van der Waals surface area (Å²) in [6.45, 7) is 10.00. The van der Waals surface area contributed by atoms with Crippen LogP contribution < -0.4 is 5.32 Å². The molecule has 0 fully saturated rings. The van der Waals surface area contributed by atoms with Gasteiger partial charge in [-0.05, 0) is 19.8 Å². The highest BCUT2D eigenvalue weighted by Crippen LogP contribution is 2.12. The van der Waals surface area contributed by atoms with E-state index in [0.717, 1.165) is 18.9 Å². The molecule has 0 aromatic carbocycles. The molecule has 0 aliphatic heterocycles. The van der Waals surface area contributed by atoms with E-state index in [1.54, 1.807) is 18.6 Å². The van der Waals surface area contributed by atoms with Gasteiger partial charge in [0.05, 0.1) is 12.3 Å². The van der Waals surface area contributed by atoms with E-state index in [1.165, 1.54) is 0 Å². The minimum absolute atomic E-state index is 0.191. The number of hydrogen-bond donors (Lipinski definition) is 1. The van der Waals surface area contributed by atoms with Crippen LogP contribution in [0.3, 0.4) is 0 Å². The maximum absolute atomic E-state index is 5.50. The summed E-state index contributed by atoms with van der Waals surface area (Å²) in [5.74, 6) is 0.528. The molecule has 96 valence electrons. The molecule has 0 saturated carbocycles. The molecule has 0 spiro atoms. The fourth-order valence-corrected chi connectivity index (χ4v) is 1.62. The molecule has 4 nitrogen and oxygen atoms in total. The second-order valence-electron chi connectivity index (χ2n) is 4.53. The molecule has 1 heterocycles. The molecule has 1 rings (SSSR count). The van der Waals surface area contributed by atoms with Crippen LogP contribution in [0.4, 0.5) is 0 Å². The molecule has 0 aliphatic rings. The van der Waals surface area contributed by atoms with E-state index in [1.807, 2.05) is 6.92 Å². The Morgan fingerprint density at radius 3 is 2.59 bits per heavy atom. The molecule has 1 aromatic rings. The molecule has 0 saturated heterocycles. The van der Waals surface area contributed by atoms with Crippen molar-refractivity contribution < 1.29 is 4.74 Å². The first-order valence-electron chi connectivity index (χ1n) is 6.24. The van der Waals surface area contributed by atoms with Crippen molar-refractivity contribution in [2.45, 2.75) is 39.8 Å². The van der Waals surface area contributed by atoms with Crippen molar-refractivity contribution in [2.24, 2.45) is 5.92 Å². The Kier molecular flexibility index (Phi) is 6.08. The maximum Gasteiger partial charge on any atom is 0.0753 e. The van der Waals surface area contributed by atoms with E-state index >= 15 is 0 Å². The molecular formula is C13H23N3O. The minimum Gasteiger partial charge on any atom is -0.380 e. The van der Waals surface area contributed by atoms with Gasteiger partial charge in [-0.2, -0.15) is 0 Å². The Balaban J connectivity index is 2.54. The third-order valence-corrected chi connectivity index (χ3v) is 2.80. The van der Waals surface area contributed by atoms with E-state index < -0.39 is 0 Å². The van der Waals surface area contributed by atoms with Gasteiger partial charge in [0.15, 0.2) is 0 Å². The molecule has 1 aromatic heterocycles. The zero-order chi connectivity index (χ0) is 12.7. The summed E-state index contributed by atoms with van der Waals surface area (Å²) >= 11 is 0. The number of hydrogen-bond acceptors (Lipinski definition) is 4. The zero-order valence-electron chi connectivity index (χ0n) is 11.2. The normalized spacial score (nSPS) is 14.9. The van der Waals surface area contributed by atoms with E-state index in [4.69, 9.17) is 4.74 Å². The lowest BCUT2D eigenvalue weighted by molar-refractivity contribution is 0.104. The molecule has 0 radical (unpaired) electrons. The van der Waals surface area contributed by atoms with Crippen LogP contribution in [0.25, 0.3) is 0 Å². The average Bonchev–Trinajstić information content (AvgIpc) is 2.35. The van der Waals surface area contributed by atoms with Crippen molar-refractivity contribution in [3.63, 3.8) is 0 Å². The van der Waals surface area contributed by atoms with Crippen LogP contribution in [0.15, 0.2) is 18.6 Å². The molecule has 0 amide bonds. The van der Waals surface area contributed by atoms with Crippen LogP contribution in [0.1, 0.15) is 39.4 Å². The molecule has 2 atom stereocenters. The van der Waals surface area contributed by atoms with Crippen LogP contribution >= 0.6 is 0 Å². The molecular weight excluding hydrogens is 214 g/mol. The summed E-state index contributed by atoms with van der Waals surface area (Å²) in [7, 11) is 0. The van der Waals surface area contributed by atoms with E-state index in [-0.39, 0.29) is 6.04 Å². The highest BCUT2D eigenvalue weighted by Gasteiger charge is 2.17. The quantitative estimate of drug-likeness (QED) is 0.789. The van der Waals surface area contributed by atoms with Gasteiger partial charge in [-0.3, -0.25) is 9.97 Å². The topological polar surface area (TPSA) is 47.0 Å². The third kappa shape index (κ3) is 4.79. The largest absolute Gasteiger partial charge is 0.380 e. The summed E-state index contributed by atoms with van der Waals surface area (Å²) in [6, 6.07) is 0.531. The maximum atomic E-state index is 5.50. The van der Waals surface area contributed by atoms with Crippen molar-refractivity contribution in [3.05, 3.63) is 24.3 Å². The fourth-order valence-electron chi connectivity index (χ4n) is 1.62. The first kappa shape index (κ1) is 14.1. The predicted molar refractivity (Wildman–Crippen MR) is 68.7 cm³/mol. The van der Waals surface area contributed by atoms with Gasteiger partial charge in [0.1, 0.15) is 0 Å². The van der Waals surface area contributed by atoms with Crippen LogP contribution in [0.2, 0.25) is 0 Å². The number of aromatic nitrogens is 2. The van der Waals surface area contributed by atoms with E-state index in [0.29, 0.717) is 12.0 Å². The van der Waals surface area contributed by atoms with Crippen molar-refractivity contribution in [2.75, 3.05) is 13.2 Å². The Morgan fingerprint density at radius 1 is 1.29 bits per heavy atom. The lowest BCUT2D eigenvalue weighted by Crippen LogP contribution is -2.39. The van der Waals surface area contributed by atoms with Crippen molar-refractivity contribution in [3.8, 4) is 0 Å². The van der Waals surface area contributed by atoms with Gasteiger partial charge >= 0.3 is 0 Å². The molecule has 0 bridgehead atoms. The second-order valence-corrected chi connectivity index (χ2v) is 4.53. The Bertz CT molecular complexity index is 303. The second kappa shape index (κ2) is 7.35. The number of ether oxygens (including phenoxy) is 1. The van der Waals surface area contributed by atoms with Gasteiger partial charge in [0.2, 0.25) is 0 Å². The van der Waals surface area contributed by atoms with Crippen LogP contribution in [0.5, 0.6) is 0 Å². The zero-order valence-corrected chi connectivity index (χ0v) is 11.2. The summed E-state index contributed by atoms with van der Waals surface area (Å²) in [5.41, 5.74) is 0.967. The number of nitrogens with zero attached hydrogens (tertiary/aromatic N) is 2. The Labute approximate surface area is 104 Å². The Morgan fingerprint density at radius 2 is 2.06 bits per heavy atom. The molecule has 1 N–H and O–H groups in total. The van der Waals surface area contributed by atoms with Gasteiger partial charge in [-0.1, -0.05) is 13.8 Å². The number of rotatable bonds is 7. The van der Waals surface area contributed by atoms with Gasteiger partial charge in [-0.15, -0.1) is 0 Å². The highest BCUT2D eigenvalue weighted by atomic mass is 16.5. The van der Waals surface area contributed by atoms with Crippen LogP contribution in [-0.2, 0) is 4.74 Å². The van der Waals surface area contributed by atoms with Crippen molar-refractivity contribution in [1.29, 1.82) is 0 Å². The van der Waals surface area contributed by atoms with Crippen molar-refractivity contribution >= 4 is 0 Å². The monoisotopic (exact) mass is 237 g/mol. The molecule has 2 unspecified atom stereocenters. The summed E-state index contributed by atoms with van der Waals surface area (Å²) in [5, 5.41) is 3.54. The summed E-state index contributed by atoms with van der Waals surface area (Å²) < 4.78 is 5.50. The number of nitrogens with one attached hydrogen (secondary N) is 1. The van der Waals surface area contributed by atoms with Gasteiger partial charge in [0, 0.05) is 37.3 Å². The van der Waals surface area contributed by atoms with Gasteiger partial charge < -0.3 is 10.1 Å². The highest BCUT2D eigenvalue weighted by molar-refractivity contribution is 5.01. The summed E-state index contributed by atoms with van der Waals surface area (Å²) in [6.07, 6.45) is 5.21. The van der Waals surface area contributed by atoms with Crippen molar-refractivity contribution in [1.82, 2.24) is 15.3 Å². The average molecular weight is 237 g/mol. The third-order valence-electron chi connectivity index (χ3n) is 2.80. The molecule has 4 heteroatoms. The smallest absolute Gasteiger partial charge is 0.0753 e. The van der Waals surface area contributed by atoms with Crippen LogP contribution in [-0.4, -0.2) is 29.2 Å². The lowest BCUT2D eigenvalue weighted by atomic mass is 10.0. The van der Waals surface area contributed by atoms with E-state index in [2.05, 4.69) is 36.1 Å². The molecule has 17 heavy (non-hydrogen) atoms. The molecule has 0 aliphatic carbocycles. The lowest BCUT2D eigenvalue weighted by Gasteiger charge is -2.25.